The highest BCUT2D eigenvalue weighted by atomic mass is 16.6. The van der Waals surface area contributed by atoms with Crippen LogP contribution in [0.15, 0.2) is 48.5 Å². The van der Waals surface area contributed by atoms with Gasteiger partial charge in [-0.15, -0.1) is 0 Å². The summed E-state index contributed by atoms with van der Waals surface area (Å²) >= 11 is 0. The molecule has 2 unspecified atom stereocenters. The van der Waals surface area contributed by atoms with Crippen LogP contribution in [-0.2, 0) is 14.3 Å². The number of aryl methyl sites for hydroxylation is 1. The Kier molecular flexibility index (Phi) is 9.36. The number of nitrogens with zero attached hydrogens (tertiary/aromatic N) is 1. The van der Waals surface area contributed by atoms with Crippen LogP contribution >= 0.6 is 0 Å². The second-order valence-corrected chi connectivity index (χ2v) is 11.5. The SMILES string of the molecule is Cc1ccccc1NC(=O)C(c1ccccc1O)N(C(=O)C(NC(=O)OC(C)(C)C)C(C)C)C(C)(C)C. The van der Waals surface area contributed by atoms with Crippen molar-refractivity contribution in [3.05, 3.63) is 59.7 Å². The average molecular weight is 512 g/mol. The van der Waals surface area contributed by atoms with E-state index in [1.165, 1.54) is 11.0 Å². The Bertz CT molecular complexity index is 1120. The zero-order valence-corrected chi connectivity index (χ0v) is 23.4. The number of hydrogen-bond donors (Lipinski definition) is 3. The van der Waals surface area contributed by atoms with Gasteiger partial charge in [0, 0.05) is 16.8 Å². The van der Waals surface area contributed by atoms with Gasteiger partial charge in [0.1, 0.15) is 23.4 Å². The molecule has 2 rings (SSSR count). The smallest absolute Gasteiger partial charge is 0.408 e. The van der Waals surface area contributed by atoms with Crippen molar-refractivity contribution < 1.29 is 24.2 Å². The van der Waals surface area contributed by atoms with Gasteiger partial charge in [-0.2, -0.15) is 0 Å². The number of rotatable bonds is 7. The number of phenols is 1. The first-order valence-corrected chi connectivity index (χ1v) is 12.5. The number of carbonyl (C=O) groups is 3. The molecule has 3 amide bonds. The van der Waals surface area contributed by atoms with Crippen molar-refractivity contribution in [2.24, 2.45) is 5.92 Å². The standard InChI is InChI=1S/C29H41N3O5/c1-18(2)23(31-27(36)37-29(7,8)9)26(35)32(28(4,5)6)24(20-15-11-13-17-22(20)33)25(34)30-21-16-12-10-14-19(21)3/h10-18,23-24,33H,1-9H3,(H,30,34)(H,31,36). The van der Waals surface area contributed by atoms with E-state index in [1.807, 2.05) is 59.7 Å². The molecule has 0 bridgehead atoms. The van der Waals surface area contributed by atoms with Crippen molar-refractivity contribution in [1.29, 1.82) is 0 Å². The normalized spacial score (nSPS) is 13.5. The number of aromatic hydroxyl groups is 1. The molecule has 37 heavy (non-hydrogen) atoms. The summed E-state index contributed by atoms with van der Waals surface area (Å²) in [7, 11) is 0. The van der Waals surface area contributed by atoms with Gasteiger partial charge in [0.25, 0.3) is 5.91 Å². The van der Waals surface area contributed by atoms with Crippen LogP contribution in [0.1, 0.15) is 72.6 Å². The highest BCUT2D eigenvalue weighted by Crippen LogP contribution is 2.35. The molecule has 0 heterocycles. The molecule has 0 aliphatic carbocycles. The molecular weight excluding hydrogens is 470 g/mol. The summed E-state index contributed by atoms with van der Waals surface area (Å²) < 4.78 is 5.40. The second kappa shape index (κ2) is 11.7. The zero-order chi connectivity index (χ0) is 28.1. The Morgan fingerprint density at radius 3 is 2.00 bits per heavy atom. The predicted molar refractivity (Wildman–Crippen MR) is 145 cm³/mol. The molecule has 202 valence electrons. The van der Waals surface area contributed by atoms with Crippen molar-refractivity contribution in [3.63, 3.8) is 0 Å². The number of alkyl carbamates (subject to hydrolysis) is 1. The molecule has 0 aliphatic rings. The van der Waals surface area contributed by atoms with Crippen LogP contribution in [0.2, 0.25) is 0 Å². The van der Waals surface area contributed by atoms with Crippen LogP contribution in [0.25, 0.3) is 0 Å². The maximum atomic E-state index is 14.2. The molecule has 8 heteroatoms. The zero-order valence-electron chi connectivity index (χ0n) is 23.4. The Balaban J connectivity index is 2.60. The maximum absolute atomic E-state index is 14.2. The van der Waals surface area contributed by atoms with E-state index in [4.69, 9.17) is 4.74 Å². The van der Waals surface area contributed by atoms with Gasteiger partial charge in [-0.05, 0) is 72.1 Å². The van der Waals surface area contributed by atoms with Crippen molar-refractivity contribution in [3.8, 4) is 5.75 Å². The number of nitrogens with one attached hydrogen (secondary N) is 2. The molecule has 2 aromatic rings. The third-order valence-corrected chi connectivity index (χ3v) is 5.71. The van der Waals surface area contributed by atoms with Crippen LogP contribution in [0.4, 0.5) is 10.5 Å². The average Bonchev–Trinajstić information content (AvgIpc) is 2.75. The van der Waals surface area contributed by atoms with Gasteiger partial charge in [0.15, 0.2) is 0 Å². The van der Waals surface area contributed by atoms with E-state index in [1.54, 1.807) is 45.0 Å². The van der Waals surface area contributed by atoms with Gasteiger partial charge in [0.05, 0.1) is 0 Å². The van der Waals surface area contributed by atoms with Crippen molar-refractivity contribution in [2.45, 2.75) is 85.5 Å². The minimum absolute atomic E-state index is 0.115. The molecular formula is C29H41N3O5. The lowest BCUT2D eigenvalue weighted by Gasteiger charge is -2.43. The third-order valence-electron chi connectivity index (χ3n) is 5.71. The Morgan fingerprint density at radius 1 is 0.919 bits per heavy atom. The van der Waals surface area contributed by atoms with Crippen molar-refractivity contribution >= 4 is 23.6 Å². The van der Waals surface area contributed by atoms with E-state index in [2.05, 4.69) is 10.6 Å². The van der Waals surface area contributed by atoms with E-state index in [9.17, 15) is 19.5 Å². The molecule has 8 nitrogen and oxygen atoms in total. The summed E-state index contributed by atoms with van der Waals surface area (Å²) in [5.74, 6) is -1.38. The molecule has 0 saturated heterocycles. The number of carbonyl (C=O) groups excluding carboxylic acids is 3. The fraction of sp³-hybridized carbons (Fsp3) is 0.483. The Morgan fingerprint density at radius 2 is 1.49 bits per heavy atom. The third kappa shape index (κ3) is 7.97. The van der Waals surface area contributed by atoms with Crippen LogP contribution in [0, 0.1) is 12.8 Å². The number of para-hydroxylation sites is 2. The minimum Gasteiger partial charge on any atom is -0.508 e. The second-order valence-electron chi connectivity index (χ2n) is 11.5. The first kappa shape index (κ1) is 29.7. The molecule has 3 N–H and O–H groups in total. The highest BCUT2D eigenvalue weighted by Gasteiger charge is 2.43. The molecule has 0 radical (unpaired) electrons. The predicted octanol–water partition coefficient (Wildman–Crippen LogP) is 5.56. The molecule has 0 fully saturated rings. The summed E-state index contributed by atoms with van der Waals surface area (Å²) in [6.45, 7) is 16.1. The highest BCUT2D eigenvalue weighted by molar-refractivity contribution is 6.00. The number of hydrogen-bond acceptors (Lipinski definition) is 5. The van der Waals surface area contributed by atoms with Gasteiger partial charge < -0.3 is 25.4 Å². The molecule has 0 aromatic heterocycles. The molecule has 0 saturated carbocycles. The number of anilines is 1. The first-order chi connectivity index (χ1) is 17.0. The summed E-state index contributed by atoms with van der Waals surface area (Å²) in [5, 5.41) is 16.4. The van der Waals surface area contributed by atoms with Crippen molar-refractivity contribution in [2.75, 3.05) is 5.32 Å². The van der Waals surface area contributed by atoms with Gasteiger partial charge in [-0.1, -0.05) is 50.2 Å². The largest absolute Gasteiger partial charge is 0.508 e. The first-order valence-electron chi connectivity index (χ1n) is 12.5. The molecule has 2 aromatic carbocycles. The van der Waals surface area contributed by atoms with Crippen LogP contribution in [0.5, 0.6) is 5.75 Å². The topological polar surface area (TPSA) is 108 Å². The molecule has 0 spiro atoms. The van der Waals surface area contributed by atoms with Gasteiger partial charge in [0.2, 0.25) is 5.91 Å². The number of benzene rings is 2. The van der Waals surface area contributed by atoms with Crippen LogP contribution < -0.4 is 10.6 Å². The van der Waals surface area contributed by atoms with E-state index in [0.29, 0.717) is 5.69 Å². The van der Waals surface area contributed by atoms with E-state index in [-0.39, 0.29) is 17.2 Å². The van der Waals surface area contributed by atoms with Gasteiger partial charge in [-0.25, -0.2) is 4.79 Å². The summed E-state index contributed by atoms with van der Waals surface area (Å²) in [6.07, 6.45) is -0.725. The summed E-state index contributed by atoms with van der Waals surface area (Å²) in [6, 6.07) is 11.6. The fourth-order valence-electron chi connectivity index (χ4n) is 3.97. The molecule has 2 atom stereocenters. The minimum atomic E-state index is -1.19. The van der Waals surface area contributed by atoms with Crippen LogP contribution in [-0.4, -0.2) is 45.1 Å². The monoisotopic (exact) mass is 511 g/mol. The Hall–Kier alpha value is -3.55. The van der Waals surface area contributed by atoms with E-state index in [0.717, 1.165) is 5.56 Å². The lowest BCUT2D eigenvalue weighted by atomic mass is 9.92. The number of phenolic OH excluding ortho intramolecular Hbond substituents is 1. The van der Waals surface area contributed by atoms with Crippen molar-refractivity contribution in [1.82, 2.24) is 10.2 Å². The lowest BCUT2D eigenvalue weighted by Crippen LogP contribution is -2.59. The maximum Gasteiger partial charge on any atom is 0.408 e. The van der Waals surface area contributed by atoms with Gasteiger partial charge in [-0.3, -0.25) is 9.59 Å². The van der Waals surface area contributed by atoms with E-state index < -0.39 is 41.1 Å². The van der Waals surface area contributed by atoms with E-state index >= 15 is 0 Å². The quantitative estimate of drug-likeness (QED) is 0.451. The summed E-state index contributed by atoms with van der Waals surface area (Å²) in [5.41, 5.74) is 0.116. The number of amides is 3. The fourth-order valence-corrected chi connectivity index (χ4v) is 3.97. The lowest BCUT2D eigenvalue weighted by molar-refractivity contribution is -0.147. The van der Waals surface area contributed by atoms with Crippen LogP contribution in [0.3, 0.4) is 0 Å². The number of ether oxygens (including phenoxy) is 1. The summed E-state index contributed by atoms with van der Waals surface area (Å²) in [4.78, 5) is 42.1. The molecule has 0 aliphatic heterocycles. The van der Waals surface area contributed by atoms with Gasteiger partial charge >= 0.3 is 6.09 Å². The Labute approximate surface area is 220 Å².